The van der Waals surface area contributed by atoms with Gasteiger partial charge >= 0.3 is 0 Å². The molecule has 0 spiro atoms. The van der Waals surface area contributed by atoms with Crippen molar-refractivity contribution in [2.45, 2.75) is 19.3 Å². The van der Waals surface area contributed by atoms with Crippen LogP contribution in [0.25, 0.3) is 0 Å². The maximum absolute atomic E-state index is 5.18. The molecule has 0 amide bonds. The number of ether oxygens (including phenoxy) is 2. The zero-order chi connectivity index (χ0) is 12.3. The molecule has 0 unspecified atom stereocenters. The largest absolute Gasteiger partial charge is 0.385 e. The summed E-state index contributed by atoms with van der Waals surface area (Å²) >= 11 is 0. The van der Waals surface area contributed by atoms with E-state index in [1.807, 2.05) is 0 Å². The molecule has 1 aliphatic heterocycles. The molecule has 4 nitrogen and oxygen atoms in total. The molecule has 1 heterocycles. The van der Waals surface area contributed by atoms with Crippen molar-refractivity contribution < 1.29 is 9.47 Å². The second kappa shape index (κ2) is 12.2. The Labute approximate surface area is 118 Å². The Kier molecular flexibility index (Phi) is 12.3. The maximum Gasteiger partial charge on any atom is 0.0589 e. The predicted molar refractivity (Wildman–Crippen MR) is 77.7 cm³/mol. The van der Waals surface area contributed by atoms with Crippen molar-refractivity contribution in [2.75, 3.05) is 60.2 Å². The molecule has 5 heteroatoms. The average molecular weight is 281 g/mol. The van der Waals surface area contributed by atoms with Crippen LogP contribution in [0.1, 0.15) is 19.3 Å². The van der Waals surface area contributed by atoms with E-state index < -0.39 is 0 Å². The van der Waals surface area contributed by atoms with E-state index in [0.29, 0.717) is 0 Å². The fourth-order valence-electron chi connectivity index (χ4n) is 2.38. The van der Waals surface area contributed by atoms with Gasteiger partial charge in [-0.3, -0.25) is 0 Å². The summed E-state index contributed by atoms with van der Waals surface area (Å²) in [4.78, 5) is 2.53. The lowest BCUT2D eigenvalue weighted by Crippen LogP contribution is -2.38. The van der Waals surface area contributed by atoms with E-state index in [9.17, 15) is 0 Å². The van der Waals surface area contributed by atoms with E-state index in [1.54, 1.807) is 14.2 Å². The van der Waals surface area contributed by atoms with Crippen LogP contribution in [0.4, 0.5) is 0 Å². The number of methoxy groups -OCH3 is 2. The van der Waals surface area contributed by atoms with Crippen LogP contribution < -0.4 is 5.32 Å². The van der Waals surface area contributed by atoms with Crippen molar-refractivity contribution in [1.29, 1.82) is 0 Å². The lowest BCUT2D eigenvalue weighted by atomic mass is 9.97. The fourth-order valence-corrected chi connectivity index (χ4v) is 2.38. The van der Waals surface area contributed by atoms with Gasteiger partial charge in [-0.15, -0.1) is 12.4 Å². The first-order valence-electron chi connectivity index (χ1n) is 6.77. The minimum Gasteiger partial charge on any atom is -0.385 e. The summed E-state index contributed by atoms with van der Waals surface area (Å²) in [7, 11) is 3.55. The first-order valence-corrected chi connectivity index (χ1v) is 6.77. The monoisotopic (exact) mass is 280 g/mol. The Bertz CT molecular complexity index is 178. The molecule has 0 atom stereocenters. The molecule has 1 rings (SSSR count). The van der Waals surface area contributed by atoms with Crippen molar-refractivity contribution >= 4 is 12.4 Å². The van der Waals surface area contributed by atoms with Crippen LogP contribution in [0, 0.1) is 5.92 Å². The molecule has 1 fully saturated rings. The van der Waals surface area contributed by atoms with Crippen molar-refractivity contribution in [3.63, 3.8) is 0 Å². The fraction of sp³-hybridized carbons (Fsp3) is 1.00. The standard InChI is InChI=1S/C13H28N2O2.ClH/c1-16-10-3-8-15(9-11-17-2)12-13-4-6-14-7-5-13;/h13-14H,3-12H2,1-2H3;1H. The van der Waals surface area contributed by atoms with E-state index in [0.717, 1.165) is 38.6 Å². The van der Waals surface area contributed by atoms with Gasteiger partial charge in [0.2, 0.25) is 0 Å². The summed E-state index contributed by atoms with van der Waals surface area (Å²) in [6.07, 6.45) is 3.74. The SMILES string of the molecule is COCCCN(CCOC)CC1CCNCC1.Cl. The molecule has 0 aromatic rings. The molecule has 0 radical (unpaired) electrons. The van der Waals surface area contributed by atoms with Crippen LogP contribution in [0.2, 0.25) is 0 Å². The van der Waals surface area contributed by atoms with E-state index in [2.05, 4.69) is 10.2 Å². The van der Waals surface area contributed by atoms with Crippen LogP contribution in [0.5, 0.6) is 0 Å². The Morgan fingerprint density at radius 3 is 2.33 bits per heavy atom. The number of piperidine rings is 1. The van der Waals surface area contributed by atoms with E-state index >= 15 is 0 Å². The molecule has 110 valence electrons. The number of nitrogens with zero attached hydrogens (tertiary/aromatic N) is 1. The number of nitrogens with one attached hydrogen (secondary N) is 1. The Morgan fingerprint density at radius 1 is 1.06 bits per heavy atom. The lowest BCUT2D eigenvalue weighted by molar-refractivity contribution is 0.117. The molecule has 0 aromatic carbocycles. The molecular formula is C13H29ClN2O2. The van der Waals surface area contributed by atoms with Crippen LogP contribution in [0.3, 0.4) is 0 Å². The maximum atomic E-state index is 5.18. The highest BCUT2D eigenvalue weighted by Crippen LogP contribution is 2.13. The number of hydrogen-bond donors (Lipinski definition) is 1. The van der Waals surface area contributed by atoms with Gasteiger partial charge in [-0.25, -0.2) is 0 Å². The van der Waals surface area contributed by atoms with Gasteiger partial charge in [-0.2, -0.15) is 0 Å². The van der Waals surface area contributed by atoms with Gasteiger partial charge in [0.15, 0.2) is 0 Å². The third kappa shape index (κ3) is 8.27. The van der Waals surface area contributed by atoms with Crippen molar-refractivity contribution in [3.05, 3.63) is 0 Å². The topological polar surface area (TPSA) is 33.7 Å². The van der Waals surface area contributed by atoms with Gasteiger partial charge in [0.1, 0.15) is 0 Å². The molecule has 0 saturated carbocycles. The molecule has 0 aliphatic carbocycles. The highest BCUT2D eigenvalue weighted by atomic mass is 35.5. The summed E-state index contributed by atoms with van der Waals surface area (Å²) in [5, 5.41) is 3.42. The number of hydrogen-bond acceptors (Lipinski definition) is 4. The van der Waals surface area contributed by atoms with E-state index in [4.69, 9.17) is 9.47 Å². The molecule has 18 heavy (non-hydrogen) atoms. The van der Waals surface area contributed by atoms with Crippen molar-refractivity contribution in [2.24, 2.45) is 5.92 Å². The number of halogens is 1. The predicted octanol–water partition coefficient (Wildman–Crippen LogP) is 1.39. The summed E-state index contributed by atoms with van der Waals surface area (Å²) in [5.74, 6) is 0.857. The quantitative estimate of drug-likeness (QED) is 0.647. The molecule has 1 aliphatic rings. The Hall–Kier alpha value is 0.130. The van der Waals surface area contributed by atoms with Crippen LogP contribution in [-0.4, -0.2) is 65.1 Å². The normalized spacial score (nSPS) is 16.8. The van der Waals surface area contributed by atoms with Gasteiger partial charge in [-0.05, 0) is 38.3 Å². The molecule has 0 aromatic heterocycles. The summed E-state index contributed by atoms with van der Waals surface area (Å²) < 4.78 is 10.3. The van der Waals surface area contributed by atoms with Crippen molar-refractivity contribution in [3.8, 4) is 0 Å². The van der Waals surface area contributed by atoms with Gasteiger partial charge in [0.05, 0.1) is 6.61 Å². The first kappa shape index (κ1) is 18.1. The second-order valence-electron chi connectivity index (χ2n) is 4.83. The van der Waals surface area contributed by atoms with Gasteiger partial charge in [-0.1, -0.05) is 0 Å². The minimum absolute atomic E-state index is 0. The summed E-state index contributed by atoms with van der Waals surface area (Å²) in [6.45, 7) is 7.44. The molecular weight excluding hydrogens is 252 g/mol. The minimum atomic E-state index is 0. The third-order valence-electron chi connectivity index (χ3n) is 3.41. The Morgan fingerprint density at radius 2 is 1.72 bits per heavy atom. The summed E-state index contributed by atoms with van der Waals surface area (Å²) in [5.41, 5.74) is 0. The highest BCUT2D eigenvalue weighted by molar-refractivity contribution is 5.85. The Balaban J connectivity index is 0.00000289. The second-order valence-corrected chi connectivity index (χ2v) is 4.83. The lowest BCUT2D eigenvalue weighted by Gasteiger charge is -2.30. The molecule has 1 N–H and O–H groups in total. The highest BCUT2D eigenvalue weighted by Gasteiger charge is 2.16. The van der Waals surface area contributed by atoms with E-state index in [-0.39, 0.29) is 12.4 Å². The van der Waals surface area contributed by atoms with Crippen LogP contribution in [0.15, 0.2) is 0 Å². The smallest absolute Gasteiger partial charge is 0.0589 e. The van der Waals surface area contributed by atoms with Gasteiger partial charge < -0.3 is 19.7 Å². The molecule has 1 saturated heterocycles. The van der Waals surface area contributed by atoms with Crippen LogP contribution in [-0.2, 0) is 9.47 Å². The molecule has 0 bridgehead atoms. The van der Waals surface area contributed by atoms with Crippen molar-refractivity contribution in [1.82, 2.24) is 10.2 Å². The zero-order valence-electron chi connectivity index (χ0n) is 11.8. The summed E-state index contributed by atoms with van der Waals surface area (Å²) in [6, 6.07) is 0. The van der Waals surface area contributed by atoms with E-state index in [1.165, 1.54) is 32.5 Å². The number of rotatable bonds is 9. The first-order chi connectivity index (χ1) is 8.36. The van der Waals surface area contributed by atoms with Gasteiger partial charge in [0, 0.05) is 40.5 Å². The third-order valence-corrected chi connectivity index (χ3v) is 3.41. The van der Waals surface area contributed by atoms with Crippen LogP contribution >= 0.6 is 12.4 Å². The average Bonchev–Trinajstić information content (AvgIpc) is 2.37. The van der Waals surface area contributed by atoms with Gasteiger partial charge in [0.25, 0.3) is 0 Å². The zero-order valence-corrected chi connectivity index (χ0v) is 12.6.